The largest absolute Gasteiger partial charge is 0.344 e. The van der Waals surface area contributed by atoms with Gasteiger partial charge < -0.3 is 6.15 Å². The van der Waals surface area contributed by atoms with Crippen molar-refractivity contribution in [3.63, 3.8) is 0 Å². The van der Waals surface area contributed by atoms with Gasteiger partial charge in [-0.2, -0.15) is 31.6 Å². The molecule has 278 valence electrons. The smallest absolute Gasteiger partial charge is 0.257 e. The Morgan fingerprint density at radius 3 is 0.568 bits per heavy atom. The Balaban J connectivity index is -0.000000115. The predicted molar refractivity (Wildman–Crippen MR) is 238 cm³/mol. The van der Waals surface area contributed by atoms with Crippen LogP contribution in [0.5, 0.6) is 0 Å². The minimum atomic E-state index is -3.69. The van der Waals surface area contributed by atoms with Crippen molar-refractivity contribution in [2.45, 2.75) is 14.9 Å². The van der Waals surface area contributed by atoms with Gasteiger partial charge in [-0.05, 0) is 164 Å². The summed E-state index contributed by atoms with van der Waals surface area (Å²) < 4.78 is 25.7. The van der Waals surface area contributed by atoms with Gasteiger partial charge in [0, 0.05) is 7.05 Å². The van der Waals surface area contributed by atoms with Gasteiger partial charge in [0.2, 0.25) is 0 Å². The van der Waals surface area contributed by atoms with Gasteiger partial charge in [-0.1, -0.05) is 37.3 Å². The molecule has 0 amide bonds. The summed E-state index contributed by atoms with van der Waals surface area (Å²) in [6.45, 7) is 1.72. The first-order valence-electron chi connectivity index (χ1n) is 7.44. The molecule has 44 heavy (non-hydrogen) atoms. The van der Waals surface area contributed by atoms with Gasteiger partial charge in [0.25, 0.3) is 41.4 Å². The van der Waals surface area contributed by atoms with E-state index in [4.69, 9.17) is 236 Å². The molecule has 0 aromatic heterocycles. The molecular weight excluding hydrogens is 1230 g/mol. The van der Waals surface area contributed by atoms with Gasteiger partial charge in [0.05, 0.1) is 12.4 Å². The van der Waals surface area contributed by atoms with Crippen LogP contribution < -0.4 is 6.15 Å². The molecule has 2 aliphatic rings. The zero-order chi connectivity index (χ0) is 33.1. The van der Waals surface area contributed by atoms with Gasteiger partial charge >= 0.3 is 59.6 Å². The zero-order valence-corrected chi connectivity index (χ0v) is 43.5. The van der Waals surface area contributed by atoms with E-state index in [0.29, 0.717) is 0 Å². The summed E-state index contributed by atoms with van der Waals surface area (Å²) in [4.78, 5) is 0. The zero-order valence-electron chi connectivity index (χ0n) is 18.7. The second-order valence-corrected chi connectivity index (χ2v) is 63.2. The van der Waals surface area contributed by atoms with Gasteiger partial charge in [-0.25, -0.2) is 0 Å². The normalized spacial score (nSPS) is 22.9. The number of hydrogen-bond donors (Lipinski definition) is 1. The van der Waals surface area contributed by atoms with Crippen LogP contribution in [-0.4, -0.2) is 13.7 Å². The van der Waals surface area contributed by atoms with Crippen molar-refractivity contribution >= 4 is 287 Å². The molecule has 0 atom stereocenters. The molecule has 3 N–H and O–H groups in total. The maximum Gasteiger partial charge on any atom is 0.257 e. The third-order valence-corrected chi connectivity index (χ3v) is 32.6. The molecule has 0 saturated heterocycles. The topological polar surface area (TPSA) is 134 Å². The van der Waals surface area contributed by atoms with E-state index in [1.54, 1.807) is 13.7 Å². The van der Waals surface area contributed by atoms with Crippen LogP contribution in [0.3, 0.4) is 0 Å². The standard InChI is InChI=1S/C2H6Cl2NP.2CH4.Cl8N4P4.Cl6N3P3.Cl5P.ClH2.H3N/c1-5-6(2,3)4;;;1-13(2)9-14(3,4)11-16(7,8)12-15(5,6)10-13;1-10(2)7-11(3,4)9-12(5,6)8-10;1-6(2,3,4)5;;/h1-2H3;2*1H4;;;;1H2;1H3/q;;;;;;+1;. The Kier molecular flexibility index (Phi) is 34.8. The van der Waals surface area contributed by atoms with Crippen molar-refractivity contribution in [1.29, 1.82) is 0 Å². The molecule has 2 heterocycles. The third-order valence-electron chi connectivity index (χ3n) is 1.86. The molecule has 2 aliphatic heterocycles. The van der Waals surface area contributed by atoms with Crippen molar-refractivity contribution in [3.8, 4) is 0 Å². The molecule has 0 aliphatic carbocycles. The number of hydrogen-bond acceptors (Lipinski definition) is 9. The van der Waals surface area contributed by atoms with Crippen LogP contribution in [0.4, 0.5) is 0 Å². The second-order valence-electron chi connectivity index (χ2n) is 5.41. The van der Waals surface area contributed by atoms with Crippen LogP contribution >= 0.6 is 287 Å². The Labute approximate surface area is 364 Å². The first-order chi connectivity index (χ1) is 16.7. The summed E-state index contributed by atoms with van der Waals surface area (Å²) in [5, 5.41) is 0. The van der Waals surface area contributed by atoms with E-state index in [1.165, 1.54) is 0 Å². The molecule has 0 fully saturated rings. The van der Waals surface area contributed by atoms with Gasteiger partial charge in [-0.15, -0.1) is 0 Å². The minimum Gasteiger partial charge on any atom is -0.344 e. The molecule has 0 aromatic rings. The fraction of sp³-hybridized carbons (Fsp3) is 1.00. The van der Waals surface area contributed by atoms with E-state index in [0.717, 1.165) is 0 Å². The maximum atomic E-state index is 5.78. The van der Waals surface area contributed by atoms with Gasteiger partial charge in [0.1, 0.15) is 5.76 Å². The Morgan fingerprint density at radius 2 is 0.523 bits per heavy atom. The molecule has 0 aromatic carbocycles. The molecule has 0 spiro atoms. The fourth-order valence-corrected chi connectivity index (χ4v) is 44.9. The average molecular weight is 1250 g/mol. The van der Waals surface area contributed by atoms with E-state index in [1.807, 2.05) is 0 Å². The maximum absolute atomic E-state index is 5.78. The molecule has 9 nitrogen and oxygen atoms in total. The second kappa shape index (κ2) is 23.7. The van der Waals surface area contributed by atoms with Crippen LogP contribution in [0.1, 0.15) is 14.9 Å². The number of halogens is 22. The Morgan fingerprint density at radius 1 is 0.455 bits per heavy atom. The molecule has 0 unspecified atom stereocenters. The van der Waals surface area contributed by atoms with Crippen LogP contribution in [0, 0.1) is 12.4 Å². The summed E-state index contributed by atoms with van der Waals surface area (Å²) in [5.74, 6) is -23.5. The molecule has 40 heteroatoms. The summed E-state index contributed by atoms with van der Waals surface area (Å²) in [7, 11) is 1.62. The van der Waals surface area contributed by atoms with Gasteiger partial charge in [-0.3, -0.25) is 4.74 Å². The number of nitrogens with zero attached hydrogens (tertiary/aromatic N) is 8. The third kappa shape index (κ3) is 43.3. The van der Waals surface area contributed by atoms with Crippen LogP contribution in [0.15, 0.2) is 36.4 Å². The van der Waals surface area contributed by atoms with Gasteiger partial charge in [0.15, 0.2) is 0 Å². The molecule has 0 saturated carbocycles. The quantitative estimate of drug-likeness (QED) is 0.238. The predicted octanol–water partition coefficient (Wildman–Crippen LogP) is 24.9. The average Bonchev–Trinajstić information content (AvgIpc) is 2.41. The molecule has 2 rings (SSSR count). The summed E-state index contributed by atoms with van der Waals surface area (Å²) in [5.41, 5.74) is 0. The van der Waals surface area contributed by atoms with Crippen molar-refractivity contribution in [1.82, 2.24) is 6.15 Å². The van der Waals surface area contributed by atoms with Crippen LogP contribution in [0.25, 0.3) is 0 Å². The van der Waals surface area contributed by atoms with Crippen molar-refractivity contribution < 1.29 is 12.4 Å². The molecular formula is C4H19Cl22N9P9+. The SMILES string of the molecule is C.C.CN=P(C)(Cl)Cl.ClP(Cl)(Cl)(Cl)Cl.ClP1(Cl)=NP(Cl)(Cl)=NP(Cl)(Cl)=N1.ClP1(Cl)=NP(Cl)(Cl)=NP(Cl)(Cl)=NP(Cl)(Cl)=N1.N.[ClH2+]. The molecule has 0 radical (unpaired) electrons. The van der Waals surface area contributed by atoms with Crippen LogP contribution in [0.2, 0.25) is 0 Å². The Bertz CT molecular complexity index is 1160. The Hall–Kier alpha value is 8.61. The summed E-state index contributed by atoms with van der Waals surface area (Å²) >= 11 is 116. The van der Waals surface area contributed by atoms with E-state index < -0.39 is 50.5 Å². The minimum absolute atomic E-state index is 0. The van der Waals surface area contributed by atoms with Crippen LogP contribution in [-0.2, 0) is 0 Å². The summed E-state index contributed by atoms with van der Waals surface area (Å²) in [6.07, 6.45) is 0. The van der Waals surface area contributed by atoms with Crippen molar-refractivity contribution in [3.05, 3.63) is 0 Å². The first-order valence-corrected chi connectivity index (χ1v) is 42.7. The molecule has 0 bridgehead atoms. The fourth-order valence-electron chi connectivity index (χ4n) is 1.03. The van der Waals surface area contributed by atoms with E-state index in [-0.39, 0.29) is 33.4 Å². The van der Waals surface area contributed by atoms with E-state index in [9.17, 15) is 0 Å². The van der Waals surface area contributed by atoms with E-state index >= 15 is 0 Å². The summed E-state index contributed by atoms with van der Waals surface area (Å²) in [6, 6.07) is 0. The number of rotatable bonds is 0. The van der Waals surface area contributed by atoms with Crippen molar-refractivity contribution in [2.24, 2.45) is 36.4 Å². The van der Waals surface area contributed by atoms with E-state index in [2.05, 4.69) is 36.4 Å². The first kappa shape index (κ1) is 64.5. The van der Waals surface area contributed by atoms with Crippen molar-refractivity contribution in [2.75, 3.05) is 13.7 Å². The monoisotopic (exact) mass is 1240 g/mol.